The van der Waals surface area contributed by atoms with Crippen LogP contribution in [0.2, 0.25) is 0 Å². The summed E-state index contributed by atoms with van der Waals surface area (Å²) in [4.78, 5) is 37.7. The number of carbonyl (C=O) groups excluding carboxylic acids is 1. The van der Waals surface area contributed by atoms with E-state index in [4.69, 9.17) is 25.2 Å². The van der Waals surface area contributed by atoms with Crippen LogP contribution < -0.4 is 20.9 Å². The van der Waals surface area contributed by atoms with Crippen molar-refractivity contribution in [3.8, 4) is 11.3 Å². The van der Waals surface area contributed by atoms with Crippen LogP contribution in [-0.2, 0) is 15.9 Å². The SMILES string of the molecule is Nc1ncc(-c2nc(N3CCOCC3)nc3c2CCN3c2ccc(C(=O)NCCN3CCOCC3)cc2)cn1. The first kappa shape index (κ1) is 25.4. The molecule has 3 aliphatic heterocycles. The highest BCUT2D eigenvalue weighted by Gasteiger charge is 2.29. The third-order valence-electron chi connectivity index (χ3n) is 7.31. The molecule has 12 heteroatoms. The molecule has 0 aliphatic carbocycles. The maximum atomic E-state index is 12.7. The molecule has 1 amide bonds. The second-order valence-electron chi connectivity index (χ2n) is 9.76. The second-order valence-corrected chi connectivity index (χ2v) is 9.76. The highest BCUT2D eigenvalue weighted by molar-refractivity contribution is 5.94. The molecule has 2 fully saturated rings. The molecule has 2 saturated heterocycles. The predicted molar refractivity (Wildman–Crippen MR) is 147 cm³/mol. The van der Waals surface area contributed by atoms with E-state index in [2.05, 4.69) is 30.0 Å². The number of ether oxygens (including phenoxy) is 2. The number of nitrogens with zero attached hydrogens (tertiary/aromatic N) is 7. The molecule has 0 radical (unpaired) electrons. The van der Waals surface area contributed by atoms with Gasteiger partial charge in [0, 0.05) is 80.6 Å². The number of amides is 1. The number of aromatic nitrogens is 4. The summed E-state index contributed by atoms with van der Waals surface area (Å²) in [6.07, 6.45) is 4.20. The van der Waals surface area contributed by atoms with Gasteiger partial charge in [0.25, 0.3) is 5.91 Å². The number of hydrogen-bond donors (Lipinski definition) is 2. The standard InChI is InChI=1S/C27H33N9O3/c28-26-30-17-20(18-31-26)23-22-5-7-36(24(22)33-27(32-23)35-11-15-39-16-12-35)21-3-1-19(2-4-21)25(37)29-6-8-34-9-13-38-14-10-34/h1-4,17-18H,5-16H2,(H,29,37)(H2,28,30,31). The fourth-order valence-electron chi connectivity index (χ4n) is 5.15. The van der Waals surface area contributed by atoms with E-state index < -0.39 is 0 Å². The number of morpholine rings is 2. The van der Waals surface area contributed by atoms with Crippen molar-refractivity contribution >= 4 is 29.3 Å². The number of anilines is 4. The normalized spacial score (nSPS) is 17.7. The molecule has 3 aromatic rings. The first-order chi connectivity index (χ1) is 19.2. The van der Waals surface area contributed by atoms with Gasteiger partial charge in [0.05, 0.1) is 32.1 Å². The van der Waals surface area contributed by atoms with E-state index in [-0.39, 0.29) is 11.9 Å². The van der Waals surface area contributed by atoms with Gasteiger partial charge in [-0.3, -0.25) is 9.69 Å². The Morgan fingerprint density at radius 2 is 1.62 bits per heavy atom. The fraction of sp³-hybridized carbons (Fsp3) is 0.444. The summed E-state index contributed by atoms with van der Waals surface area (Å²) in [5.41, 5.74) is 10.0. The van der Waals surface area contributed by atoms with Crippen LogP contribution >= 0.6 is 0 Å². The van der Waals surface area contributed by atoms with Crippen molar-refractivity contribution in [2.75, 3.05) is 87.8 Å². The molecule has 3 aliphatic rings. The number of rotatable bonds is 7. The molecule has 3 N–H and O–H groups in total. The van der Waals surface area contributed by atoms with Crippen LogP contribution in [0.3, 0.4) is 0 Å². The number of nitrogens with one attached hydrogen (secondary N) is 1. The Hall–Kier alpha value is -3.87. The molecule has 0 unspecified atom stereocenters. The van der Waals surface area contributed by atoms with Crippen LogP contribution in [0.25, 0.3) is 11.3 Å². The van der Waals surface area contributed by atoms with Gasteiger partial charge >= 0.3 is 0 Å². The number of carbonyl (C=O) groups is 1. The lowest BCUT2D eigenvalue weighted by Gasteiger charge is -2.28. The summed E-state index contributed by atoms with van der Waals surface area (Å²) in [6.45, 7) is 8.25. The minimum atomic E-state index is -0.0702. The second kappa shape index (κ2) is 11.5. The van der Waals surface area contributed by atoms with Gasteiger partial charge < -0.3 is 30.3 Å². The highest BCUT2D eigenvalue weighted by atomic mass is 16.5. The van der Waals surface area contributed by atoms with Gasteiger partial charge in [-0.15, -0.1) is 0 Å². The van der Waals surface area contributed by atoms with Crippen LogP contribution in [-0.4, -0.2) is 103 Å². The number of hydrogen-bond acceptors (Lipinski definition) is 11. The molecule has 0 spiro atoms. The lowest BCUT2D eigenvalue weighted by atomic mass is 10.1. The van der Waals surface area contributed by atoms with Gasteiger partial charge in [-0.1, -0.05) is 0 Å². The number of benzene rings is 1. The Kier molecular flexibility index (Phi) is 7.48. The van der Waals surface area contributed by atoms with Crippen LogP contribution in [0.4, 0.5) is 23.4 Å². The van der Waals surface area contributed by atoms with Crippen molar-refractivity contribution in [2.45, 2.75) is 6.42 Å². The van der Waals surface area contributed by atoms with Crippen molar-refractivity contribution < 1.29 is 14.3 Å². The van der Waals surface area contributed by atoms with E-state index in [1.807, 2.05) is 24.3 Å². The van der Waals surface area contributed by atoms with Crippen molar-refractivity contribution in [3.63, 3.8) is 0 Å². The summed E-state index contributed by atoms with van der Waals surface area (Å²) in [5.74, 6) is 1.68. The van der Waals surface area contributed by atoms with Crippen LogP contribution in [0.5, 0.6) is 0 Å². The molecular formula is C27H33N9O3. The molecule has 5 heterocycles. The topological polar surface area (TPSA) is 135 Å². The van der Waals surface area contributed by atoms with Crippen molar-refractivity contribution in [1.29, 1.82) is 0 Å². The minimum absolute atomic E-state index is 0.0702. The summed E-state index contributed by atoms with van der Waals surface area (Å²) in [6, 6.07) is 7.70. The van der Waals surface area contributed by atoms with Gasteiger partial charge in [-0.2, -0.15) is 4.98 Å². The van der Waals surface area contributed by atoms with Gasteiger partial charge in [-0.05, 0) is 30.7 Å². The fourth-order valence-corrected chi connectivity index (χ4v) is 5.15. The van der Waals surface area contributed by atoms with Crippen LogP contribution in [0, 0.1) is 0 Å². The number of fused-ring (bicyclic) bond motifs is 1. The quantitative estimate of drug-likeness (QED) is 0.454. The lowest BCUT2D eigenvalue weighted by molar-refractivity contribution is 0.0383. The van der Waals surface area contributed by atoms with Gasteiger partial charge in [0.15, 0.2) is 0 Å². The summed E-state index contributed by atoms with van der Waals surface area (Å²) >= 11 is 0. The van der Waals surface area contributed by atoms with E-state index in [9.17, 15) is 4.79 Å². The molecule has 0 atom stereocenters. The van der Waals surface area contributed by atoms with E-state index >= 15 is 0 Å². The Morgan fingerprint density at radius 3 is 2.33 bits per heavy atom. The molecule has 1 aromatic carbocycles. The predicted octanol–water partition coefficient (Wildman–Crippen LogP) is 1.11. The minimum Gasteiger partial charge on any atom is -0.379 e. The Labute approximate surface area is 227 Å². The Bertz CT molecular complexity index is 1290. The maximum absolute atomic E-state index is 12.7. The first-order valence-corrected chi connectivity index (χ1v) is 13.4. The van der Waals surface area contributed by atoms with E-state index in [0.29, 0.717) is 31.3 Å². The molecule has 0 bridgehead atoms. The van der Waals surface area contributed by atoms with Gasteiger partial charge in [-0.25, -0.2) is 15.0 Å². The smallest absolute Gasteiger partial charge is 0.251 e. The number of nitrogens with two attached hydrogens (primary N) is 1. The molecule has 12 nitrogen and oxygen atoms in total. The van der Waals surface area contributed by atoms with Crippen LogP contribution in [0.15, 0.2) is 36.7 Å². The lowest BCUT2D eigenvalue weighted by Crippen LogP contribution is -2.41. The zero-order valence-electron chi connectivity index (χ0n) is 21.9. The summed E-state index contributed by atoms with van der Waals surface area (Å²) < 4.78 is 10.9. The van der Waals surface area contributed by atoms with Crippen molar-refractivity contribution in [1.82, 2.24) is 30.2 Å². The summed E-state index contributed by atoms with van der Waals surface area (Å²) in [7, 11) is 0. The van der Waals surface area contributed by atoms with E-state index in [0.717, 1.165) is 87.2 Å². The zero-order chi connectivity index (χ0) is 26.6. The van der Waals surface area contributed by atoms with E-state index in [1.54, 1.807) is 12.4 Å². The molecule has 39 heavy (non-hydrogen) atoms. The first-order valence-electron chi connectivity index (χ1n) is 13.4. The Balaban J connectivity index is 1.22. The van der Waals surface area contributed by atoms with Gasteiger partial charge in [0.2, 0.25) is 11.9 Å². The molecule has 2 aromatic heterocycles. The summed E-state index contributed by atoms with van der Waals surface area (Å²) in [5, 5.41) is 3.03. The average molecular weight is 532 g/mol. The van der Waals surface area contributed by atoms with Crippen LogP contribution in [0.1, 0.15) is 15.9 Å². The van der Waals surface area contributed by atoms with Gasteiger partial charge in [0.1, 0.15) is 5.82 Å². The van der Waals surface area contributed by atoms with E-state index in [1.165, 1.54) is 0 Å². The molecule has 204 valence electrons. The molecule has 0 saturated carbocycles. The maximum Gasteiger partial charge on any atom is 0.251 e. The third-order valence-corrected chi connectivity index (χ3v) is 7.31. The Morgan fingerprint density at radius 1 is 0.923 bits per heavy atom. The molecule has 6 rings (SSSR count). The molecular weight excluding hydrogens is 498 g/mol. The zero-order valence-corrected chi connectivity index (χ0v) is 21.9. The highest BCUT2D eigenvalue weighted by Crippen LogP contribution is 2.39. The third kappa shape index (κ3) is 5.63. The van der Waals surface area contributed by atoms with Crippen molar-refractivity contribution in [2.24, 2.45) is 0 Å². The largest absolute Gasteiger partial charge is 0.379 e. The van der Waals surface area contributed by atoms with Crippen molar-refractivity contribution in [3.05, 3.63) is 47.8 Å². The monoisotopic (exact) mass is 531 g/mol. The number of nitrogen functional groups attached to an aromatic ring is 1. The average Bonchev–Trinajstić information content (AvgIpc) is 3.42.